The summed E-state index contributed by atoms with van der Waals surface area (Å²) < 4.78 is 0.687. The Hall–Kier alpha value is -1.56. The van der Waals surface area contributed by atoms with E-state index in [1.807, 2.05) is 6.92 Å². The number of aliphatic imine (C=N–C) groups is 1. The minimum absolute atomic E-state index is 0.155. The second-order valence-electron chi connectivity index (χ2n) is 2.51. The highest BCUT2D eigenvalue weighted by molar-refractivity contribution is 9.11. The van der Waals surface area contributed by atoms with Crippen molar-refractivity contribution in [1.29, 1.82) is 5.41 Å². The van der Waals surface area contributed by atoms with Crippen molar-refractivity contribution in [2.45, 2.75) is 6.92 Å². The zero-order valence-electron chi connectivity index (χ0n) is 8.42. The molecule has 0 unspecified atom stereocenters. The summed E-state index contributed by atoms with van der Waals surface area (Å²) in [7, 11) is 0. The number of amidine groups is 1. The van der Waals surface area contributed by atoms with E-state index in [4.69, 9.17) is 16.9 Å². The van der Waals surface area contributed by atoms with Crippen LogP contribution in [0.2, 0.25) is 0 Å². The minimum Gasteiger partial charge on any atom is -0.403 e. The molecule has 0 aromatic rings. The molecular formula is C9H14BrN5. The standard InChI is InChI=1S/C9H14BrN5/c1-3-8(10)14-5-6(2)15-7(4-11)9(12)13/h3-5,15H,2,11H2,1H3,(H3,12,13)/b7-4-,8-3-,14-5-. The molecule has 5 nitrogen and oxygen atoms in total. The molecule has 6 heteroatoms. The molecule has 0 fully saturated rings. The molecule has 0 rings (SSSR count). The van der Waals surface area contributed by atoms with Crippen molar-refractivity contribution < 1.29 is 0 Å². The molecular weight excluding hydrogens is 258 g/mol. The summed E-state index contributed by atoms with van der Waals surface area (Å²) in [6.45, 7) is 5.52. The van der Waals surface area contributed by atoms with Crippen molar-refractivity contribution in [2.24, 2.45) is 16.5 Å². The molecule has 6 N–H and O–H groups in total. The van der Waals surface area contributed by atoms with Crippen molar-refractivity contribution in [1.82, 2.24) is 5.32 Å². The Balaban J connectivity index is 4.39. The van der Waals surface area contributed by atoms with Crippen LogP contribution in [0.5, 0.6) is 0 Å². The van der Waals surface area contributed by atoms with Gasteiger partial charge in [-0.25, -0.2) is 4.99 Å². The Morgan fingerprint density at radius 2 is 2.20 bits per heavy atom. The zero-order chi connectivity index (χ0) is 11.8. The first-order valence-electron chi connectivity index (χ1n) is 4.09. The molecule has 82 valence electrons. The largest absolute Gasteiger partial charge is 0.403 e. The minimum atomic E-state index is -0.155. The van der Waals surface area contributed by atoms with Crippen molar-refractivity contribution in [3.05, 3.63) is 34.9 Å². The van der Waals surface area contributed by atoms with E-state index in [0.29, 0.717) is 16.0 Å². The van der Waals surface area contributed by atoms with E-state index >= 15 is 0 Å². The predicted octanol–water partition coefficient (Wildman–Crippen LogP) is 1.15. The molecule has 0 bridgehead atoms. The average molecular weight is 272 g/mol. The molecule has 0 saturated heterocycles. The van der Waals surface area contributed by atoms with Gasteiger partial charge in [0.2, 0.25) is 0 Å². The molecule has 0 saturated carbocycles. The fourth-order valence-corrected chi connectivity index (χ4v) is 0.721. The third kappa shape index (κ3) is 5.69. The van der Waals surface area contributed by atoms with Crippen molar-refractivity contribution in [2.75, 3.05) is 0 Å². The normalized spacial score (nSPS) is 12.9. The summed E-state index contributed by atoms with van der Waals surface area (Å²) in [4.78, 5) is 4.00. The topological polar surface area (TPSA) is 100 Å². The fraction of sp³-hybridized carbons (Fsp3) is 0.111. The Kier molecular flexibility index (Phi) is 6.12. The van der Waals surface area contributed by atoms with Gasteiger partial charge in [0.15, 0.2) is 0 Å². The van der Waals surface area contributed by atoms with E-state index in [1.165, 1.54) is 12.4 Å². The maximum absolute atomic E-state index is 7.16. The lowest BCUT2D eigenvalue weighted by molar-refractivity contribution is 1.07. The Morgan fingerprint density at radius 1 is 1.60 bits per heavy atom. The van der Waals surface area contributed by atoms with Gasteiger partial charge >= 0.3 is 0 Å². The number of halogens is 1. The second kappa shape index (κ2) is 6.83. The smallest absolute Gasteiger partial charge is 0.141 e. The van der Waals surface area contributed by atoms with Gasteiger partial charge in [-0.15, -0.1) is 0 Å². The summed E-state index contributed by atoms with van der Waals surface area (Å²) in [5, 5.41) is 9.90. The number of nitrogens with zero attached hydrogens (tertiary/aromatic N) is 1. The van der Waals surface area contributed by atoms with Crippen LogP contribution in [0.3, 0.4) is 0 Å². The summed E-state index contributed by atoms with van der Waals surface area (Å²) in [5.74, 6) is -0.155. The predicted molar refractivity (Wildman–Crippen MR) is 67.6 cm³/mol. The van der Waals surface area contributed by atoms with Crippen LogP contribution in [0.25, 0.3) is 0 Å². The van der Waals surface area contributed by atoms with Gasteiger partial charge < -0.3 is 16.8 Å². The SMILES string of the molecule is C=C(/C=N\C(Br)=C/C)N/C(=C\N)C(=N)N. The molecule has 0 aromatic heterocycles. The van der Waals surface area contributed by atoms with Gasteiger partial charge in [-0.05, 0) is 22.9 Å². The van der Waals surface area contributed by atoms with E-state index in [-0.39, 0.29) is 5.84 Å². The van der Waals surface area contributed by atoms with Gasteiger partial charge in [-0.1, -0.05) is 12.7 Å². The molecule has 15 heavy (non-hydrogen) atoms. The van der Waals surface area contributed by atoms with Gasteiger partial charge in [-0.3, -0.25) is 5.41 Å². The van der Waals surface area contributed by atoms with E-state index in [9.17, 15) is 0 Å². The van der Waals surface area contributed by atoms with Crippen LogP contribution in [0, 0.1) is 5.41 Å². The number of rotatable bonds is 5. The van der Waals surface area contributed by atoms with Crippen molar-refractivity contribution in [3.8, 4) is 0 Å². The van der Waals surface area contributed by atoms with Crippen LogP contribution in [0.1, 0.15) is 6.92 Å². The molecule has 0 spiro atoms. The summed E-state index contributed by atoms with van der Waals surface area (Å²) in [6, 6.07) is 0. The third-order valence-corrected chi connectivity index (χ3v) is 2.00. The molecule has 0 heterocycles. The molecule has 0 amide bonds. The maximum Gasteiger partial charge on any atom is 0.141 e. The molecule has 0 atom stereocenters. The lowest BCUT2D eigenvalue weighted by Crippen LogP contribution is -2.26. The van der Waals surface area contributed by atoms with E-state index in [2.05, 4.69) is 32.8 Å². The number of nitrogens with one attached hydrogen (secondary N) is 2. The van der Waals surface area contributed by atoms with Crippen LogP contribution in [-0.2, 0) is 0 Å². The number of nitrogens with two attached hydrogens (primary N) is 2. The Labute approximate surface area is 97.3 Å². The van der Waals surface area contributed by atoms with Crippen LogP contribution >= 0.6 is 15.9 Å². The Bertz CT molecular complexity index is 340. The lowest BCUT2D eigenvalue weighted by atomic mass is 10.4. The molecule has 0 aliphatic heterocycles. The van der Waals surface area contributed by atoms with E-state index in [0.717, 1.165) is 0 Å². The van der Waals surface area contributed by atoms with Gasteiger partial charge in [0.05, 0.1) is 11.9 Å². The monoisotopic (exact) mass is 271 g/mol. The molecule has 0 radical (unpaired) electrons. The van der Waals surface area contributed by atoms with Crippen LogP contribution in [-0.4, -0.2) is 12.1 Å². The second-order valence-corrected chi connectivity index (χ2v) is 3.33. The lowest BCUT2D eigenvalue weighted by Gasteiger charge is -2.07. The van der Waals surface area contributed by atoms with E-state index in [1.54, 1.807) is 6.08 Å². The quantitative estimate of drug-likeness (QED) is 0.343. The highest BCUT2D eigenvalue weighted by Crippen LogP contribution is 2.04. The summed E-state index contributed by atoms with van der Waals surface area (Å²) in [6.07, 6.45) is 4.48. The zero-order valence-corrected chi connectivity index (χ0v) is 10.0. The van der Waals surface area contributed by atoms with Crippen LogP contribution in [0.4, 0.5) is 0 Å². The highest BCUT2D eigenvalue weighted by Gasteiger charge is 1.99. The maximum atomic E-state index is 7.16. The number of hydrogen-bond acceptors (Lipinski definition) is 4. The molecule has 0 aromatic carbocycles. The number of allylic oxidation sites excluding steroid dienone is 2. The molecule has 0 aliphatic carbocycles. The third-order valence-electron chi connectivity index (χ3n) is 1.33. The van der Waals surface area contributed by atoms with Gasteiger partial charge in [0.25, 0.3) is 0 Å². The van der Waals surface area contributed by atoms with Crippen LogP contribution in [0.15, 0.2) is 39.8 Å². The summed E-state index contributed by atoms with van der Waals surface area (Å²) >= 11 is 3.21. The van der Waals surface area contributed by atoms with Crippen molar-refractivity contribution in [3.63, 3.8) is 0 Å². The first-order valence-corrected chi connectivity index (χ1v) is 4.88. The molecule has 0 aliphatic rings. The van der Waals surface area contributed by atoms with E-state index < -0.39 is 0 Å². The average Bonchev–Trinajstić information content (AvgIpc) is 2.21. The Morgan fingerprint density at radius 3 is 2.60 bits per heavy atom. The highest BCUT2D eigenvalue weighted by atomic mass is 79.9. The summed E-state index contributed by atoms with van der Waals surface area (Å²) in [5.41, 5.74) is 11.3. The first-order chi connectivity index (χ1) is 7.01. The number of hydrogen-bond donors (Lipinski definition) is 4. The van der Waals surface area contributed by atoms with Gasteiger partial charge in [0.1, 0.15) is 10.4 Å². The van der Waals surface area contributed by atoms with Gasteiger partial charge in [0, 0.05) is 11.9 Å². The fourth-order valence-electron chi connectivity index (χ4n) is 0.618. The van der Waals surface area contributed by atoms with Crippen molar-refractivity contribution >= 4 is 28.0 Å². The van der Waals surface area contributed by atoms with Gasteiger partial charge in [-0.2, -0.15) is 0 Å². The first kappa shape index (κ1) is 13.4. The van der Waals surface area contributed by atoms with Crippen LogP contribution < -0.4 is 16.8 Å².